The molecule has 14 heavy (non-hydrogen) atoms. The summed E-state index contributed by atoms with van der Waals surface area (Å²) < 4.78 is 0. The monoisotopic (exact) mass is 322 g/mol. The Morgan fingerprint density at radius 3 is 1.00 bits per heavy atom. The number of rotatable bonds is 8. The quantitative estimate of drug-likeness (QED) is 0.352. The van der Waals surface area contributed by atoms with Crippen LogP contribution in [0.15, 0.2) is 50.6 Å². The third-order valence-corrected chi connectivity index (χ3v) is 6.20. The van der Waals surface area contributed by atoms with E-state index in [-0.39, 0.29) is 24.0 Å². The molecule has 0 unspecified atom stereocenters. The Morgan fingerprint density at radius 2 is 0.857 bits per heavy atom. The average molecular weight is 322 g/mol. The van der Waals surface area contributed by atoms with E-state index in [9.17, 15) is 0 Å². The molecule has 2 heteroatoms. The lowest BCUT2D eigenvalue weighted by Gasteiger charge is -2.22. The summed E-state index contributed by atoms with van der Waals surface area (Å²) in [5, 5.41) is 0. The summed E-state index contributed by atoms with van der Waals surface area (Å²) in [5.41, 5.74) is 0. The van der Waals surface area contributed by atoms with E-state index >= 15 is 0 Å². The molecule has 0 aromatic rings. The lowest BCUT2D eigenvalue weighted by Crippen LogP contribution is -3.00. The molecular weight excluding hydrogens is 302 g/mol. The first-order valence-electron chi connectivity index (χ1n) is 4.53. The molecule has 0 bridgehead atoms. The summed E-state index contributed by atoms with van der Waals surface area (Å²) in [6.07, 6.45) is 12.5. The van der Waals surface area contributed by atoms with Crippen molar-refractivity contribution in [3.63, 3.8) is 0 Å². The van der Waals surface area contributed by atoms with Crippen LogP contribution in [-0.4, -0.2) is 24.6 Å². The first kappa shape index (κ1) is 16.5. The molecule has 0 aliphatic rings. The van der Waals surface area contributed by atoms with E-state index in [1.165, 1.54) is 0 Å². The molecule has 0 N–H and O–H groups in total. The Bertz CT molecular complexity index is 151. The second-order valence-corrected chi connectivity index (χ2v) is 7.37. The van der Waals surface area contributed by atoms with Crippen LogP contribution in [0.25, 0.3) is 0 Å². The Hall–Kier alpha value is 0.120. The zero-order valence-electron chi connectivity index (χ0n) is 8.79. The molecule has 0 saturated carbocycles. The molecule has 0 aromatic heterocycles. The average Bonchev–Trinajstić information content (AvgIpc) is 2.06. The summed E-state index contributed by atoms with van der Waals surface area (Å²) in [6, 6.07) is 0. The minimum absolute atomic E-state index is 0. The van der Waals surface area contributed by atoms with Gasteiger partial charge in [0.25, 0.3) is 0 Å². The SMILES string of the molecule is C=CC[P+](CC=C)(CC=C)CC=C.[I-]. The van der Waals surface area contributed by atoms with Crippen LogP contribution in [0.3, 0.4) is 0 Å². The predicted molar refractivity (Wildman–Crippen MR) is 67.2 cm³/mol. The van der Waals surface area contributed by atoms with Gasteiger partial charge in [-0.3, -0.25) is 0 Å². The third kappa shape index (κ3) is 5.77. The molecule has 0 saturated heterocycles. The van der Waals surface area contributed by atoms with Crippen molar-refractivity contribution in [3.8, 4) is 0 Å². The van der Waals surface area contributed by atoms with Crippen LogP contribution in [0, 0.1) is 0 Å². The molecule has 0 amide bonds. The van der Waals surface area contributed by atoms with Gasteiger partial charge >= 0.3 is 0 Å². The lowest BCUT2D eigenvalue weighted by atomic mass is 10.7. The van der Waals surface area contributed by atoms with Crippen LogP contribution in [0.1, 0.15) is 0 Å². The molecule has 0 rings (SSSR count). The normalized spacial score (nSPS) is 9.71. The standard InChI is InChI=1S/C12H20P.HI/c1-5-9-13(10-6-2,11-7-3)12-8-4;/h5-8H,1-4,9-12H2;1H/q+1;/p-1. The first-order valence-corrected chi connectivity index (χ1v) is 7.06. The van der Waals surface area contributed by atoms with Gasteiger partial charge in [0, 0.05) is 7.26 Å². The van der Waals surface area contributed by atoms with Gasteiger partial charge in [0.1, 0.15) is 0 Å². The van der Waals surface area contributed by atoms with Gasteiger partial charge in [-0.15, -0.1) is 0 Å². The van der Waals surface area contributed by atoms with Gasteiger partial charge in [-0.1, -0.05) is 50.6 Å². The zero-order valence-corrected chi connectivity index (χ0v) is 11.8. The fraction of sp³-hybridized carbons (Fsp3) is 0.333. The molecule has 0 aromatic carbocycles. The van der Waals surface area contributed by atoms with E-state index in [2.05, 4.69) is 26.3 Å². The maximum absolute atomic E-state index is 3.82. The van der Waals surface area contributed by atoms with Crippen molar-refractivity contribution in [2.75, 3.05) is 24.6 Å². The Kier molecular flexibility index (Phi) is 11.4. The van der Waals surface area contributed by atoms with Crippen LogP contribution < -0.4 is 24.0 Å². The van der Waals surface area contributed by atoms with Crippen molar-refractivity contribution < 1.29 is 24.0 Å². The van der Waals surface area contributed by atoms with E-state index in [0.717, 1.165) is 24.6 Å². The van der Waals surface area contributed by atoms with Gasteiger partial charge in [-0.25, -0.2) is 0 Å². The van der Waals surface area contributed by atoms with E-state index in [4.69, 9.17) is 0 Å². The van der Waals surface area contributed by atoms with Crippen LogP contribution in [0.2, 0.25) is 0 Å². The summed E-state index contributed by atoms with van der Waals surface area (Å²) in [6.45, 7) is 15.3. The molecule has 0 nitrogen and oxygen atoms in total. The first-order chi connectivity index (χ1) is 6.24. The topological polar surface area (TPSA) is 0 Å². The van der Waals surface area contributed by atoms with Crippen LogP contribution in [0.4, 0.5) is 0 Å². The van der Waals surface area contributed by atoms with E-state index in [1.54, 1.807) is 0 Å². The second-order valence-electron chi connectivity index (χ2n) is 3.23. The van der Waals surface area contributed by atoms with Crippen LogP contribution >= 0.6 is 7.26 Å². The number of allylic oxidation sites excluding steroid dienone is 4. The Balaban J connectivity index is 0. The third-order valence-electron chi connectivity index (χ3n) is 2.07. The van der Waals surface area contributed by atoms with Gasteiger partial charge in [0.05, 0.1) is 24.6 Å². The van der Waals surface area contributed by atoms with Crippen molar-refractivity contribution in [3.05, 3.63) is 50.6 Å². The Morgan fingerprint density at radius 1 is 0.643 bits per heavy atom. The van der Waals surface area contributed by atoms with Crippen molar-refractivity contribution >= 4 is 7.26 Å². The van der Waals surface area contributed by atoms with Crippen LogP contribution in [-0.2, 0) is 0 Å². The van der Waals surface area contributed by atoms with Crippen molar-refractivity contribution in [1.82, 2.24) is 0 Å². The molecule has 0 aliphatic carbocycles. The smallest absolute Gasteiger partial charge is 0.0780 e. The molecule has 0 aliphatic heterocycles. The van der Waals surface area contributed by atoms with Gasteiger partial charge < -0.3 is 24.0 Å². The Labute approximate surface area is 106 Å². The minimum atomic E-state index is -0.968. The molecule has 0 radical (unpaired) electrons. The highest BCUT2D eigenvalue weighted by Gasteiger charge is 2.31. The predicted octanol–water partition coefficient (Wildman–Crippen LogP) is 0.752. The molecule has 0 atom stereocenters. The highest BCUT2D eigenvalue weighted by molar-refractivity contribution is 7.76. The summed E-state index contributed by atoms with van der Waals surface area (Å²) in [4.78, 5) is 0. The summed E-state index contributed by atoms with van der Waals surface area (Å²) >= 11 is 0. The second kappa shape index (κ2) is 9.67. The highest BCUT2D eigenvalue weighted by atomic mass is 127. The highest BCUT2D eigenvalue weighted by Crippen LogP contribution is 2.58. The number of halogens is 1. The summed E-state index contributed by atoms with van der Waals surface area (Å²) in [7, 11) is -0.968. The lowest BCUT2D eigenvalue weighted by molar-refractivity contribution is -0.00000285. The maximum Gasteiger partial charge on any atom is 0.0780 e. The van der Waals surface area contributed by atoms with Crippen molar-refractivity contribution in [2.45, 2.75) is 0 Å². The van der Waals surface area contributed by atoms with E-state index in [1.807, 2.05) is 24.3 Å². The summed E-state index contributed by atoms with van der Waals surface area (Å²) in [5.74, 6) is 0. The van der Waals surface area contributed by atoms with E-state index in [0.29, 0.717) is 0 Å². The number of hydrogen-bond acceptors (Lipinski definition) is 0. The molecular formula is C12H20IP. The van der Waals surface area contributed by atoms with Crippen LogP contribution in [0.5, 0.6) is 0 Å². The molecule has 0 heterocycles. The maximum atomic E-state index is 3.82. The van der Waals surface area contributed by atoms with E-state index < -0.39 is 7.26 Å². The van der Waals surface area contributed by atoms with Gasteiger partial charge in [0.2, 0.25) is 0 Å². The van der Waals surface area contributed by atoms with Gasteiger partial charge in [-0.2, -0.15) is 0 Å². The largest absolute Gasteiger partial charge is 1.00 e. The zero-order chi connectivity index (χ0) is 10.2. The number of hydrogen-bond donors (Lipinski definition) is 0. The molecule has 0 fully saturated rings. The molecule has 80 valence electrons. The minimum Gasteiger partial charge on any atom is -1.00 e. The fourth-order valence-electron chi connectivity index (χ4n) is 1.54. The molecule has 0 spiro atoms. The fourth-order valence-corrected chi connectivity index (χ4v) is 4.63. The van der Waals surface area contributed by atoms with Gasteiger partial charge in [-0.05, 0) is 0 Å². The van der Waals surface area contributed by atoms with Crippen molar-refractivity contribution in [1.29, 1.82) is 0 Å². The van der Waals surface area contributed by atoms with Crippen molar-refractivity contribution in [2.24, 2.45) is 0 Å². The van der Waals surface area contributed by atoms with Gasteiger partial charge in [0.15, 0.2) is 0 Å².